The van der Waals surface area contributed by atoms with Gasteiger partial charge in [0.25, 0.3) is 0 Å². The molecule has 0 saturated carbocycles. The molecule has 19 heavy (non-hydrogen) atoms. The number of nitrogens with two attached hydrogens (primary N) is 1. The maximum Gasteiger partial charge on any atom is 0.208 e. The summed E-state index contributed by atoms with van der Waals surface area (Å²) in [5.41, 5.74) is 7.13. The van der Waals surface area contributed by atoms with Gasteiger partial charge in [-0.2, -0.15) is 0 Å². The van der Waals surface area contributed by atoms with E-state index in [0.29, 0.717) is 5.92 Å². The van der Waals surface area contributed by atoms with Crippen LogP contribution in [0, 0.1) is 0 Å². The average Bonchev–Trinajstić information content (AvgIpc) is 2.39. The molecule has 0 unspecified atom stereocenters. The highest BCUT2D eigenvalue weighted by atomic mass is 32.2. The van der Waals surface area contributed by atoms with Gasteiger partial charge in [0.05, 0.1) is 15.5 Å². The number of hydrogen-bond acceptors (Lipinski definition) is 3. The molecule has 0 fully saturated rings. The van der Waals surface area contributed by atoms with Crippen LogP contribution < -0.4 is 5.73 Å². The van der Waals surface area contributed by atoms with Crippen LogP contribution in [0.25, 0.3) is 0 Å². The summed E-state index contributed by atoms with van der Waals surface area (Å²) in [4.78, 5) is 0.432. The molecule has 3 nitrogen and oxygen atoms in total. The standard InChI is InChI=1S/C15H17NO2S/c1-11(2)12-7-9-13(10-8-12)19(17,18)15-6-4-3-5-14(15)16/h3-11H,16H2,1-2H3. The molecule has 0 bridgehead atoms. The van der Waals surface area contributed by atoms with Gasteiger partial charge in [0.2, 0.25) is 9.84 Å². The van der Waals surface area contributed by atoms with Crippen LogP contribution in [0.2, 0.25) is 0 Å². The average molecular weight is 275 g/mol. The van der Waals surface area contributed by atoms with E-state index in [1.54, 1.807) is 30.3 Å². The number of para-hydroxylation sites is 1. The van der Waals surface area contributed by atoms with Gasteiger partial charge < -0.3 is 5.73 Å². The molecule has 0 spiro atoms. The Labute approximate surface area is 114 Å². The van der Waals surface area contributed by atoms with Gasteiger partial charge in [-0.05, 0) is 35.7 Å². The summed E-state index contributed by atoms with van der Waals surface area (Å²) in [6.07, 6.45) is 0. The first-order chi connectivity index (χ1) is 8.93. The van der Waals surface area contributed by atoms with E-state index in [1.165, 1.54) is 6.07 Å². The van der Waals surface area contributed by atoms with E-state index in [-0.39, 0.29) is 15.5 Å². The van der Waals surface area contributed by atoms with Gasteiger partial charge >= 0.3 is 0 Å². The lowest BCUT2D eigenvalue weighted by Crippen LogP contribution is -2.05. The molecule has 0 amide bonds. The fraction of sp³-hybridized carbons (Fsp3) is 0.200. The van der Waals surface area contributed by atoms with Crippen molar-refractivity contribution in [1.82, 2.24) is 0 Å². The minimum atomic E-state index is -3.54. The van der Waals surface area contributed by atoms with E-state index in [9.17, 15) is 8.42 Å². The molecule has 0 aliphatic heterocycles. The lowest BCUT2D eigenvalue weighted by Gasteiger charge is -2.09. The Balaban J connectivity index is 2.49. The van der Waals surface area contributed by atoms with Gasteiger partial charge in [-0.1, -0.05) is 38.1 Å². The second-order valence-corrected chi connectivity index (χ2v) is 6.68. The first kappa shape index (κ1) is 13.6. The fourth-order valence-corrected chi connectivity index (χ4v) is 3.27. The van der Waals surface area contributed by atoms with Gasteiger partial charge in [0.1, 0.15) is 0 Å². The minimum Gasteiger partial charge on any atom is -0.398 e. The van der Waals surface area contributed by atoms with Crippen LogP contribution >= 0.6 is 0 Å². The maximum atomic E-state index is 12.5. The molecule has 0 aliphatic carbocycles. The number of rotatable bonds is 3. The fourth-order valence-electron chi connectivity index (χ4n) is 1.88. The Morgan fingerprint density at radius 1 is 0.947 bits per heavy atom. The Hall–Kier alpha value is -1.81. The van der Waals surface area contributed by atoms with Gasteiger partial charge in [-0.15, -0.1) is 0 Å². The largest absolute Gasteiger partial charge is 0.398 e. The molecule has 0 aromatic heterocycles. The highest BCUT2D eigenvalue weighted by Gasteiger charge is 2.19. The van der Waals surface area contributed by atoms with E-state index in [2.05, 4.69) is 13.8 Å². The summed E-state index contributed by atoms with van der Waals surface area (Å²) >= 11 is 0. The third-order valence-corrected chi connectivity index (χ3v) is 4.91. The normalized spacial score (nSPS) is 11.7. The second-order valence-electron chi connectivity index (χ2n) is 4.76. The van der Waals surface area contributed by atoms with Crippen molar-refractivity contribution >= 4 is 15.5 Å². The van der Waals surface area contributed by atoms with Crippen molar-refractivity contribution < 1.29 is 8.42 Å². The van der Waals surface area contributed by atoms with E-state index < -0.39 is 9.84 Å². The zero-order valence-electron chi connectivity index (χ0n) is 11.0. The van der Waals surface area contributed by atoms with Crippen LogP contribution in [-0.4, -0.2) is 8.42 Å². The first-order valence-electron chi connectivity index (χ1n) is 6.12. The number of benzene rings is 2. The molecule has 2 rings (SSSR count). The van der Waals surface area contributed by atoms with E-state index >= 15 is 0 Å². The van der Waals surface area contributed by atoms with Crippen LogP contribution in [0.1, 0.15) is 25.3 Å². The molecule has 0 radical (unpaired) electrons. The lowest BCUT2D eigenvalue weighted by molar-refractivity contribution is 0.596. The smallest absolute Gasteiger partial charge is 0.208 e. The third-order valence-electron chi connectivity index (χ3n) is 3.07. The summed E-state index contributed by atoms with van der Waals surface area (Å²) < 4.78 is 24.9. The Morgan fingerprint density at radius 2 is 1.53 bits per heavy atom. The van der Waals surface area contributed by atoms with E-state index in [1.807, 2.05) is 12.1 Å². The monoisotopic (exact) mass is 275 g/mol. The Bertz CT molecular complexity index is 674. The van der Waals surface area contributed by atoms with E-state index in [0.717, 1.165) is 5.56 Å². The molecule has 2 N–H and O–H groups in total. The van der Waals surface area contributed by atoms with Gasteiger partial charge in [0, 0.05) is 0 Å². The van der Waals surface area contributed by atoms with Crippen molar-refractivity contribution in [3.63, 3.8) is 0 Å². The first-order valence-corrected chi connectivity index (χ1v) is 7.61. The van der Waals surface area contributed by atoms with Crippen LogP contribution in [-0.2, 0) is 9.84 Å². The summed E-state index contributed by atoms with van der Waals surface area (Å²) in [5, 5.41) is 0. The van der Waals surface area contributed by atoms with Crippen molar-refractivity contribution in [2.45, 2.75) is 29.6 Å². The summed E-state index contributed by atoms with van der Waals surface area (Å²) in [6, 6.07) is 13.5. The zero-order chi connectivity index (χ0) is 14.0. The van der Waals surface area contributed by atoms with Crippen molar-refractivity contribution in [3.8, 4) is 0 Å². The van der Waals surface area contributed by atoms with Crippen molar-refractivity contribution in [1.29, 1.82) is 0 Å². The predicted molar refractivity (Wildman–Crippen MR) is 76.8 cm³/mol. The van der Waals surface area contributed by atoms with Crippen molar-refractivity contribution in [3.05, 3.63) is 54.1 Å². The highest BCUT2D eigenvalue weighted by molar-refractivity contribution is 7.91. The highest BCUT2D eigenvalue weighted by Crippen LogP contribution is 2.26. The minimum absolute atomic E-state index is 0.160. The molecular weight excluding hydrogens is 258 g/mol. The van der Waals surface area contributed by atoms with Crippen LogP contribution in [0.4, 0.5) is 5.69 Å². The van der Waals surface area contributed by atoms with Gasteiger partial charge in [0.15, 0.2) is 0 Å². The summed E-state index contributed by atoms with van der Waals surface area (Å²) in [7, 11) is -3.54. The SMILES string of the molecule is CC(C)c1ccc(S(=O)(=O)c2ccccc2N)cc1. The molecule has 0 heterocycles. The van der Waals surface area contributed by atoms with Gasteiger partial charge in [-0.3, -0.25) is 0 Å². The molecular formula is C15H17NO2S. The topological polar surface area (TPSA) is 60.2 Å². The lowest BCUT2D eigenvalue weighted by atomic mass is 10.0. The summed E-state index contributed by atoms with van der Waals surface area (Å²) in [5.74, 6) is 0.374. The maximum absolute atomic E-state index is 12.5. The molecule has 100 valence electrons. The predicted octanol–water partition coefficient (Wildman–Crippen LogP) is 3.23. The molecule has 0 aliphatic rings. The molecule has 0 atom stereocenters. The number of nitrogen functional groups attached to an aromatic ring is 1. The second kappa shape index (κ2) is 5.05. The van der Waals surface area contributed by atoms with Gasteiger partial charge in [-0.25, -0.2) is 8.42 Å². The number of hydrogen-bond donors (Lipinski definition) is 1. The quantitative estimate of drug-likeness (QED) is 0.875. The Morgan fingerprint density at radius 3 is 2.05 bits per heavy atom. The number of anilines is 1. The molecule has 4 heteroatoms. The Kier molecular flexibility index (Phi) is 3.62. The zero-order valence-corrected chi connectivity index (χ0v) is 11.8. The number of sulfone groups is 1. The molecule has 2 aromatic rings. The third kappa shape index (κ3) is 2.63. The van der Waals surface area contributed by atoms with Crippen molar-refractivity contribution in [2.24, 2.45) is 0 Å². The van der Waals surface area contributed by atoms with Crippen LogP contribution in [0.15, 0.2) is 58.3 Å². The van der Waals surface area contributed by atoms with Crippen LogP contribution in [0.5, 0.6) is 0 Å². The summed E-state index contributed by atoms with van der Waals surface area (Å²) in [6.45, 7) is 4.14. The van der Waals surface area contributed by atoms with Crippen LogP contribution in [0.3, 0.4) is 0 Å². The van der Waals surface area contributed by atoms with Crippen molar-refractivity contribution in [2.75, 3.05) is 5.73 Å². The molecule has 2 aromatic carbocycles. The molecule has 0 saturated heterocycles. The van der Waals surface area contributed by atoms with E-state index in [4.69, 9.17) is 5.73 Å².